The smallest absolute Gasteiger partial charge is 0.276 e. The summed E-state index contributed by atoms with van der Waals surface area (Å²) in [7, 11) is -4.86. The Hall–Kier alpha value is -0.270. The zero-order valence-electron chi connectivity index (χ0n) is 5.61. The highest BCUT2D eigenvalue weighted by atomic mass is 32.2. The van der Waals surface area contributed by atoms with E-state index in [0.717, 1.165) is 6.92 Å². The van der Waals surface area contributed by atoms with Crippen LogP contribution in [0.1, 0.15) is 6.92 Å². The molecular formula is C4H8F2O4S. The van der Waals surface area contributed by atoms with Crippen LogP contribution in [0.2, 0.25) is 0 Å². The predicted octanol–water partition coefficient (Wildman–Crippen LogP) is -0.111. The van der Waals surface area contributed by atoms with Crippen LogP contribution in [-0.4, -0.2) is 35.9 Å². The summed E-state index contributed by atoms with van der Waals surface area (Å²) in [5.41, 5.74) is 0. The molecule has 0 saturated carbocycles. The van der Waals surface area contributed by atoms with E-state index in [1.807, 2.05) is 0 Å². The Morgan fingerprint density at radius 3 is 1.73 bits per heavy atom. The maximum absolute atomic E-state index is 11.7. The third-order valence-electron chi connectivity index (χ3n) is 1.07. The van der Waals surface area contributed by atoms with Crippen molar-refractivity contribution in [2.24, 2.45) is 0 Å². The summed E-state index contributed by atoms with van der Waals surface area (Å²) in [4.78, 5) is 0. The Labute approximate surface area is 62.6 Å². The molecule has 0 heterocycles. The Balaban J connectivity index is 4.64. The van der Waals surface area contributed by atoms with Gasteiger partial charge in [-0.3, -0.25) is 4.55 Å². The first kappa shape index (κ1) is 10.7. The second-order valence-corrected chi connectivity index (χ2v) is 3.63. The molecule has 0 rings (SSSR count). The molecule has 0 spiro atoms. The van der Waals surface area contributed by atoms with Crippen molar-refractivity contribution in [3.8, 4) is 0 Å². The standard InChI is InChI=1S/C4H8F2O4S/c1-2(7)3(4(5)6)11(8,9)10/h2-4,7H,1H3,(H,8,9,10). The fourth-order valence-corrected chi connectivity index (χ4v) is 1.35. The van der Waals surface area contributed by atoms with Crippen molar-refractivity contribution >= 4 is 10.1 Å². The van der Waals surface area contributed by atoms with Gasteiger partial charge in [0.2, 0.25) is 0 Å². The second kappa shape index (κ2) is 3.42. The summed E-state index contributed by atoms with van der Waals surface area (Å²) in [6.45, 7) is 0.866. The molecule has 2 N–H and O–H groups in total. The van der Waals surface area contributed by atoms with Crippen LogP contribution in [0.15, 0.2) is 0 Å². The van der Waals surface area contributed by atoms with Gasteiger partial charge < -0.3 is 5.11 Å². The Kier molecular flexibility index (Phi) is 3.33. The van der Waals surface area contributed by atoms with Crippen molar-refractivity contribution in [3.05, 3.63) is 0 Å². The molecular weight excluding hydrogens is 182 g/mol. The monoisotopic (exact) mass is 190 g/mol. The van der Waals surface area contributed by atoms with E-state index in [4.69, 9.17) is 9.66 Å². The lowest BCUT2D eigenvalue weighted by Crippen LogP contribution is -2.37. The molecule has 0 aliphatic rings. The third-order valence-corrected chi connectivity index (χ3v) is 2.36. The lowest BCUT2D eigenvalue weighted by molar-refractivity contribution is 0.0716. The van der Waals surface area contributed by atoms with Crippen molar-refractivity contribution in [2.45, 2.75) is 24.7 Å². The minimum Gasteiger partial charge on any atom is -0.392 e. The van der Waals surface area contributed by atoms with Gasteiger partial charge in [-0.05, 0) is 6.92 Å². The molecule has 0 amide bonds. The number of alkyl halides is 2. The van der Waals surface area contributed by atoms with Crippen LogP contribution in [0.25, 0.3) is 0 Å². The molecule has 7 heteroatoms. The lowest BCUT2D eigenvalue weighted by Gasteiger charge is -2.14. The van der Waals surface area contributed by atoms with Gasteiger partial charge in [-0.15, -0.1) is 0 Å². The molecule has 0 fully saturated rings. The maximum atomic E-state index is 11.7. The van der Waals surface area contributed by atoms with E-state index in [0.29, 0.717) is 0 Å². The van der Waals surface area contributed by atoms with E-state index < -0.39 is 27.9 Å². The number of aliphatic hydroxyl groups is 1. The summed E-state index contributed by atoms with van der Waals surface area (Å²) >= 11 is 0. The fourth-order valence-electron chi connectivity index (χ4n) is 0.589. The molecule has 2 unspecified atom stereocenters. The highest BCUT2D eigenvalue weighted by Gasteiger charge is 2.36. The maximum Gasteiger partial charge on any atom is 0.276 e. The zero-order valence-corrected chi connectivity index (χ0v) is 6.42. The van der Waals surface area contributed by atoms with Crippen LogP contribution in [-0.2, 0) is 10.1 Å². The van der Waals surface area contributed by atoms with Crippen LogP contribution in [0, 0.1) is 0 Å². The van der Waals surface area contributed by atoms with E-state index >= 15 is 0 Å². The topological polar surface area (TPSA) is 74.6 Å². The average molecular weight is 190 g/mol. The quantitative estimate of drug-likeness (QED) is 0.609. The summed E-state index contributed by atoms with van der Waals surface area (Å²) < 4.78 is 51.9. The Morgan fingerprint density at radius 2 is 1.73 bits per heavy atom. The van der Waals surface area contributed by atoms with Crippen molar-refractivity contribution in [3.63, 3.8) is 0 Å². The third kappa shape index (κ3) is 3.08. The highest BCUT2D eigenvalue weighted by molar-refractivity contribution is 7.86. The normalized spacial score (nSPS) is 18.4. The number of hydrogen-bond acceptors (Lipinski definition) is 3. The molecule has 2 atom stereocenters. The number of halogens is 2. The van der Waals surface area contributed by atoms with E-state index in [2.05, 4.69) is 0 Å². The van der Waals surface area contributed by atoms with E-state index in [1.165, 1.54) is 0 Å². The molecule has 0 saturated heterocycles. The van der Waals surface area contributed by atoms with Crippen molar-refractivity contribution in [1.82, 2.24) is 0 Å². The number of rotatable bonds is 3. The first-order chi connectivity index (χ1) is 4.76. The molecule has 0 aliphatic heterocycles. The second-order valence-electron chi connectivity index (χ2n) is 2.05. The molecule has 0 bridgehead atoms. The van der Waals surface area contributed by atoms with Gasteiger partial charge in [-0.25, -0.2) is 8.78 Å². The first-order valence-corrected chi connectivity index (χ1v) is 4.19. The van der Waals surface area contributed by atoms with Crippen molar-refractivity contribution in [1.29, 1.82) is 0 Å². The van der Waals surface area contributed by atoms with Gasteiger partial charge in [0.1, 0.15) is 0 Å². The Morgan fingerprint density at radius 1 is 1.36 bits per heavy atom. The largest absolute Gasteiger partial charge is 0.392 e. The predicted molar refractivity (Wildman–Crippen MR) is 33.0 cm³/mol. The average Bonchev–Trinajstić information content (AvgIpc) is 1.54. The van der Waals surface area contributed by atoms with Gasteiger partial charge in [-0.2, -0.15) is 8.42 Å². The summed E-state index contributed by atoms with van der Waals surface area (Å²) in [6.07, 6.45) is -5.07. The fraction of sp³-hybridized carbons (Fsp3) is 1.00. The minimum absolute atomic E-state index is 0.866. The van der Waals surface area contributed by atoms with Crippen LogP contribution in [0.3, 0.4) is 0 Å². The minimum atomic E-state index is -4.86. The molecule has 0 radical (unpaired) electrons. The SMILES string of the molecule is CC(O)C(C(F)F)S(=O)(=O)O. The zero-order chi connectivity index (χ0) is 9.23. The molecule has 68 valence electrons. The summed E-state index contributed by atoms with van der Waals surface area (Å²) in [5.74, 6) is 0. The molecule has 4 nitrogen and oxygen atoms in total. The van der Waals surface area contributed by atoms with E-state index in [1.54, 1.807) is 0 Å². The van der Waals surface area contributed by atoms with Crippen molar-refractivity contribution < 1.29 is 26.9 Å². The van der Waals surface area contributed by atoms with Crippen LogP contribution < -0.4 is 0 Å². The van der Waals surface area contributed by atoms with E-state index in [9.17, 15) is 17.2 Å². The van der Waals surface area contributed by atoms with Crippen LogP contribution in [0.5, 0.6) is 0 Å². The van der Waals surface area contributed by atoms with Crippen LogP contribution in [0.4, 0.5) is 8.78 Å². The molecule has 0 aromatic carbocycles. The van der Waals surface area contributed by atoms with Gasteiger partial charge in [0.25, 0.3) is 16.5 Å². The molecule has 0 aromatic rings. The summed E-state index contributed by atoms with van der Waals surface area (Å²) in [6, 6.07) is 0. The van der Waals surface area contributed by atoms with Gasteiger partial charge in [0.05, 0.1) is 6.10 Å². The van der Waals surface area contributed by atoms with Gasteiger partial charge in [0, 0.05) is 0 Å². The van der Waals surface area contributed by atoms with Crippen LogP contribution >= 0.6 is 0 Å². The molecule has 0 aromatic heterocycles. The van der Waals surface area contributed by atoms with Gasteiger partial charge >= 0.3 is 0 Å². The first-order valence-electron chi connectivity index (χ1n) is 2.69. The lowest BCUT2D eigenvalue weighted by atomic mass is 10.3. The molecule has 0 aliphatic carbocycles. The van der Waals surface area contributed by atoms with Gasteiger partial charge in [-0.1, -0.05) is 0 Å². The Bertz CT molecular complexity index is 202. The van der Waals surface area contributed by atoms with E-state index in [-0.39, 0.29) is 0 Å². The number of aliphatic hydroxyl groups excluding tert-OH is 1. The highest BCUT2D eigenvalue weighted by Crippen LogP contribution is 2.13. The molecule has 11 heavy (non-hydrogen) atoms. The van der Waals surface area contributed by atoms with Crippen molar-refractivity contribution in [2.75, 3.05) is 0 Å². The number of hydrogen-bond donors (Lipinski definition) is 2. The van der Waals surface area contributed by atoms with Gasteiger partial charge in [0.15, 0.2) is 5.25 Å². The summed E-state index contributed by atoms with van der Waals surface area (Å²) in [5, 5.41) is 6.08.